The molecule has 4 rings (SSSR count). The number of fused-ring (bicyclic) bond motifs is 1. The third kappa shape index (κ3) is 3.50. The number of likely N-dealkylation sites (tertiary alicyclic amines) is 1. The average Bonchev–Trinajstić information content (AvgIpc) is 2.66. The number of β-amino-alcohol motifs (C(OH)–C–C–N with tert-alkyl or cyclic N) is 1. The average molecular weight is 371 g/mol. The van der Waals surface area contributed by atoms with Crippen LogP contribution >= 0.6 is 0 Å². The van der Waals surface area contributed by atoms with Crippen molar-refractivity contribution >= 4 is 22.6 Å². The van der Waals surface area contributed by atoms with Crippen LogP contribution in [0.1, 0.15) is 31.2 Å². The molecule has 0 unspecified atom stereocenters. The van der Waals surface area contributed by atoms with E-state index in [1.807, 2.05) is 17.9 Å². The van der Waals surface area contributed by atoms with E-state index in [0.717, 1.165) is 54.6 Å². The topological polar surface area (TPSA) is 56.7 Å². The lowest BCUT2D eigenvalue weighted by molar-refractivity contribution is -0.138. The van der Waals surface area contributed by atoms with E-state index >= 15 is 0 Å². The smallest absolute Gasteiger partial charge is 0.222 e. The molecule has 144 valence electrons. The van der Waals surface area contributed by atoms with Crippen LogP contribution in [0.15, 0.2) is 24.3 Å². The maximum atomic E-state index is 13.6. The van der Waals surface area contributed by atoms with Gasteiger partial charge in [0.15, 0.2) is 0 Å². The van der Waals surface area contributed by atoms with Gasteiger partial charge in [0.1, 0.15) is 11.6 Å². The number of aliphatic hydroxyl groups is 1. The predicted molar refractivity (Wildman–Crippen MR) is 103 cm³/mol. The SMILES string of the molecule is Cc1cc(N2CCC[C@]3(CCC(=O)N(CCO)C3)C2)nc2ccc(F)cc12. The van der Waals surface area contributed by atoms with E-state index < -0.39 is 0 Å². The second-order valence-electron chi connectivity index (χ2n) is 8.02. The fourth-order valence-electron chi connectivity index (χ4n) is 4.67. The van der Waals surface area contributed by atoms with Crippen LogP contribution in [0.2, 0.25) is 0 Å². The largest absolute Gasteiger partial charge is 0.395 e. The Hall–Kier alpha value is -2.21. The molecule has 1 spiro atoms. The number of carbonyl (C=O) groups excluding carboxylic acids is 1. The van der Waals surface area contributed by atoms with Crippen molar-refractivity contribution in [3.63, 3.8) is 0 Å². The fourth-order valence-corrected chi connectivity index (χ4v) is 4.67. The number of rotatable bonds is 3. The summed E-state index contributed by atoms with van der Waals surface area (Å²) in [6, 6.07) is 6.78. The van der Waals surface area contributed by atoms with Crippen molar-refractivity contribution in [3.05, 3.63) is 35.6 Å². The van der Waals surface area contributed by atoms with Gasteiger partial charge in [-0.3, -0.25) is 4.79 Å². The van der Waals surface area contributed by atoms with Gasteiger partial charge in [-0.1, -0.05) is 0 Å². The molecule has 0 saturated carbocycles. The van der Waals surface area contributed by atoms with Crippen LogP contribution in [0.4, 0.5) is 10.2 Å². The number of piperidine rings is 2. The lowest BCUT2D eigenvalue weighted by Crippen LogP contribution is -2.54. The van der Waals surface area contributed by atoms with Gasteiger partial charge in [-0.25, -0.2) is 9.37 Å². The van der Waals surface area contributed by atoms with Crippen LogP contribution in [0.25, 0.3) is 10.9 Å². The van der Waals surface area contributed by atoms with Crippen molar-refractivity contribution in [1.29, 1.82) is 0 Å². The summed E-state index contributed by atoms with van der Waals surface area (Å²) in [5.41, 5.74) is 1.90. The Bertz CT molecular complexity index is 872. The Balaban J connectivity index is 1.61. The third-order valence-corrected chi connectivity index (χ3v) is 6.07. The monoisotopic (exact) mass is 371 g/mol. The molecule has 0 aliphatic carbocycles. The minimum Gasteiger partial charge on any atom is -0.395 e. The number of aliphatic hydroxyl groups excluding tert-OH is 1. The first-order valence-electron chi connectivity index (χ1n) is 9.70. The number of benzene rings is 1. The van der Waals surface area contributed by atoms with Gasteiger partial charge >= 0.3 is 0 Å². The van der Waals surface area contributed by atoms with Gasteiger partial charge in [-0.2, -0.15) is 0 Å². The fraction of sp³-hybridized carbons (Fsp3) is 0.524. The van der Waals surface area contributed by atoms with Gasteiger partial charge in [-0.15, -0.1) is 0 Å². The minimum absolute atomic E-state index is 0.00746. The van der Waals surface area contributed by atoms with E-state index in [4.69, 9.17) is 4.98 Å². The Kier molecular flexibility index (Phi) is 4.76. The molecule has 2 aliphatic rings. The molecular weight excluding hydrogens is 345 g/mol. The highest BCUT2D eigenvalue weighted by molar-refractivity contribution is 5.84. The molecule has 1 atom stereocenters. The second-order valence-corrected chi connectivity index (χ2v) is 8.02. The van der Waals surface area contributed by atoms with Crippen molar-refractivity contribution < 1.29 is 14.3 Å². The summed E-state index contributed by atoms with van der Waals surface area (Å²) in [4.78, 5) is 21.1. The number of anilines is 1. The number of pyridine rings is 1. The number of halogens is 1. The molecule has 1 amide bonds. The summed E-state index contributed by atoms with van der Waals surface area (Å²) in [7, 11) is 0. The molecule has 3 heterocycles. The second kappa shape index (κ2) is 7.08. The Morgan fingerprint density at radius 2 is 2.11 bits per heavy atom. The van der Waals surface area contributed by atoms with Crippen LogP contribution in [-0.2, 0) is 4.79 Å². The molecule has 1 N–H and O–H groups in total. The van der Waals surface area contributed by atoms with Gasteiger partial charge in [0, 0.05) is 43.4 Å². The quantitative estimate of drug-likeness (QED) is 0.901. The Labute approximate surface area is 158 Å². The molecule has 27 heavy (non-hydrogen) atoms. The van der Waals surface area contributed by atoms with E-state index in [2.05, 4.69) is 4.90 Å². The van der Waals surface area contributed by atoms with Gasteiger partial charge < -0.3 is 14.9 Å². The molecule has 2 aliphatic heterocycles. The van der Waals surface area contributed by atoms with Crippen LogP contribution in [-0.4, -0.2) is 53.7 Å². The molecular formula is C21H26FN3O2. The standard InChI is InChI=1S/C21H26FN3O2/c1-15-11-19(23-18-4-3-16(22)12-17(15)18)24-8-2-6-21(13-24)7-5-20(27)25(14-21)9-10-26/h3-4,11-12,26H,2,5-10,13-14H2,1H3/t21-/m0/s1. The number of hydrogen-bond acceptors (Lipinski definition) is 4. The maximum Gasteiger partial charge on any atom is 0.222 e. The van der Waals surface area contributed by atoms with E-state index in [0.29, 0.717) is 19.5 Å². The molecule has 5 nitrogen and oxygen atoms in total. The van der Waals surface area contributed by atoms with Crippen molar-refractivity contribution in [1.82, 2.24) is 9.88 Å². The van der Waals surface area contributed by atoms with Gasteiger partial charge in [0.05, 0.1) is 12.1 Å². The van der Waals surface area contributed by atoms with Crippen LogP contribution < -0.4 is 4.90 Å². The first-order chi connectivity index (χ1) is 13.0. The van der Waals surface area contributed by atoms with Gasteiger partial charge in [0.2, 0.25) is 5.91 Å². The number of carbonyl (C=O) groups is 1. The summed E-state index contributed by atoms with van der Waals surface area (Å²) in [5, 5.41) is 10.1. The molecule has 1 aromatic carbocycles. The van der Waals surface area contributed by atoms with Gasteiger partial charge in [0.25, 0.3) is 0 Å². The summed E-state index contributed by atoms with van der Waals surface area (Å²) in [6.45, 7) is 4.93. The molecule has 1 aromatic heterocycles. The van der Waals surface area contributed by atoms with E-state index in [1.165, 1.54) is 6.07 Å². The summed E-state index contributed by atoms with van der Waals surface area (Å²) in [5.74, 6) is 0.831. The molecule has 2 fully saturated rings. The van der Waals surface area contributed by atoms with Crippen molar-refractivity contribution in [2.24, 2.45) is 5.41 Å². The number of aromatic nitrogens is 1. The van der Waals surface area contributed by atoms with Gasteiger partial charge in [-0.05, 0) is 56.0 Å². The lowest BCUT2D eigenvalue weighted by atomic mass is 9.73. The first-order valence-corrected chi connectivity index (χ1v) is 9.70. The number of amides is 1. The molecule has 0 radical (unpaired) electrons. The number of nitrogens with zero attached hydrogens (tertiary/aromatic N) is 3. The molecule has 0 bridgehead atoms. The molecule has 6 heteroatoms. The maximum absolute atomic E-state index is 13.6. The first kappa shape index (κ1) is 18.2. The van der Waals surface area contributed by atoms with Crippen molar-refractivity contribution in [3.8, 4) is 0 Å². The Morgan fingerprint density at radius 1 is 1.26 bits per heavy atom. The number of hydrogen-bond donors (Lipinski definition) is 1. The van der Waals surface area contributed by atoms with Crippen LogP contribution in [0, 0.1) is 18.2 Å². The highest BCUT2D eigenvalue weighted by atomic mass is 19.1. The third-order valence-electron chi connectivity index (χ3n) is 6.07. The lowest BCUT2D eigenvalue weighted by Gasteiger charge is -2.48. The number of aryl methyl sites for hydroxylation is 1. The highest BCUT2D eigenvalue weighted by Gasteiger charge is 2.41. The van der Waals surface area contributed by atoms with E-state index in [1.54, 1.807) is 12.1 Å². The van der Waals surface area contributed by atoms with Crippen LogP contribution in [0.5, 0.6) is 0 Å². The molecule has 2 saturated heterocycles. The summed E-state index contributed by atoms with van der Waals surface area (Å²) < 4.78 is 13.6. The normalized spacial score (nSPS) is 23.4. The zero-order valence-corrected chi connectivity index (χ0v) is 15.7. The zero-order valence-electron chi connectivity index (χ0n) is 15.7. The summed E-state index contributed by atoms with van der Waals surface area (Å²) >= 11 is 0. The Morgan fingerprint density at radius 3 is 2.93 bits per heavy atom. The predicted octanol–water partition coefficient (Wildman–Crippen LogP) is 2.88. The van der Waals surface area contributed by atoms with Crippen molar-refractivity contribution in [2.45, 2.75) is 32.6 Å². The molecule has 2 aromatic rings. The van der Waals surface area contributed by atoms with E-state index in [9.17, 15) is 14.3 Å². The zero-order chi connectivity index (χ0) is 19.0. The summed E-state index contributed by atoms with van der Waals surface area (Å²) in [6.07, 6.45) is 3.60. The van der Waals surface area contributed by atoms with Crippen LogP contribution in [0.3, 0.4) is 0 Å². The minimum atomic E-state index is -0.243. The highest BCUT2D eigenvalue weighted by Crippen LogP contribution is 2.40. The van der Waals surface area contributed by atoms with E-state index in [-0.39, 0.29) is 23.7 Å². The van der Waals surface area contributed by atoms with Crippen molar-refractivity contribution in [2.75, 3.05) is 37.7 Å².